The zero-order valence-corrected chi connectivity index (χ0v) is 10.3. The molecular weight excluding hydrogens is 247 g/mol. The molecule has 98 valence electrons. The summed E-state index contributed by atoms with van der Waals surface area (Å²) in [5.74, 6) is -1.44. The van der Waals surface area contributed by atoms with E-state index in [9.17, 15) is 9.18 Å². The summed E-state index contributed by atoms with van der Waals surface area (Å²) in [6, 6.07) is 13.0. The average Bonchev–Trinajstić information content (AvgIpc) is 2.40. The van der Waals surface area contributed by atoms with E-state index < -0.39 is 12.1 Å². The van der Waals surface area contributed by atoms with Crippen molar-refractivity contribution in [2.24, 2.45) is 0 Å². The molecule has 0 radical (unpaired) electrons. The highest BCUT2D eigenvalue weighted by Crippen LogP contribution is 2.30. The Hall–Kier alpha value is -2.20. The molecule has 0 amide bonds. The average molecular weight is 260 g/mol. The number of carboxylic acid groups (broad SMARTS) is 1. The highest BCUT2D eigenvalue weighted by molar-refractivity contribution is 5.79. The third-order valence-electron chi connectivity index (χ3n) is 2.84. The molecule has 3 nitrogen and oxygen atoms in total. The SMILES string of the molecule is COC(C(=O)O)c1ccccc1-c1cccc(F)c1. The standard InChI is InChI=1S/C15H13FO3/c1-19-14(15(17)18)13-8-3-2-7-12(13)10-5-4-6-11(16)9-10/h2-9,14H,1H3,(H,17,18). The number of aliphatic carboxylic acids is 1. The number of carbonyl (C=O) groups is 1. The summed E-state index contributed by atoms with van der Waals surface area (Å²) >= 11 is 0. The first-order valence-electron chi connectivity index (χ1n) is 5.74. The van der Waals surface area contributed by atoms with Gasteiger partial charge in [0.15, 0.2) is 6.10 Å². The first kappa shape index (κ1) is 13.2. The van der Waals surface area contributed by atoms with Gasteiger partial charge in [0.25, 0.3) is 0 Å². The van der Waals surface area contributed by atoms with Gasteiger partial charge in [-0.15, -0.1) is 0 Å². The minimum atomic E-state index is -1.08. The van der Waals surface area contributed by atoms with Gasteiger partial charge < -0.3 is 9.84 Å². The van der Waals surface area contributed by atoms with Gasteiger partial charge in [-0.05, 0) is 28.8 Å². The first-order chi connectivity index (χ1) is 9.13. The van der Waals surface area contributed by atoms with Crippen molar-refractivity contribution >= 4 is 5.97 Å². The topological polar surface area (TPSA) is 46.5 Å². The zero-order chi connectivity index (χ0) is 13.8. The van der Waals surface area contributed by atoms with Crippen LogP contribution in [-0.4, -0.2) is 18.2 Å². The van der Waals surface area contributed by atoms with Crippen molar-refractivity contribution in [2.75, 3.05) is 7.11 Å². The van der Waals surface area contributed by atoms with Crippen LogP contribution in [0.4, 0.5) is 4.39 Å². The summed E-state index contributed by atoms with van der Waals surface area (Å²) in [4.78, 5) is 11.2. The number of methoxy groups -OCH3 is 1. The summed E-state index contributed by atoms with van der Waals surface area (Å²) in [6.45, 7) is 0. The van der Waals surface area contributed by atoms with E-state index in [1.165, 1.54) is 19.2 Å². The Morgan fingerprint density at radius 3 is 2.58 bits per heavy atom. The van der Waals surface area contributed by atoms with Gasteiger partial charge >= 0.3 is 5.97 Å². The lowest BCUT2D eigenvalue weighted by atomic mass is 9.96. The molecular formula is C15H13FO3. The zero-order valence-electron chi connectivity index (χ0n) is 10.3. The second kappa shape index (κ2) is 5.63. The molecule has 0 saturated carbocycles. The van der Waals surface area contributed by atoms with Crippen LogP contribution in [0.2, 0.25) is 0 Å². The maximum atomic E-state index is 13.3. The van der Waals surface area contributed by atoms with Crippen molar-refractivity contribution in [1.82, 2.24) is 0 Å². The Morgan fingerprint density at radius 1 is 1.21 bits per heavy atom. The van der Waals surface area contributed by atoms with Gasteiger partial charge in [0.2, 0.25) is 0 Å². The van der Waals surface area contributed by atoms with Crippen LogP contribution in [-0.2, 0) is 9.53 Å². The molecule has 0 aromatic heterocycles. The van der Waals surface area contributed by atoms with E-state index in [0.29, 0.717) is 16.7 Å². The number of ether oxygens (including phenoxy) is 1. The van der Waals surface area contributed by atoms with Gasteiger partial charge in [-0.2, -0.15) is 0 Å². The molecule has 1 unspecified atom stereocenters. The van der Waals surface area contributed by atoms with Crippen LogP contribution in [0.3, 0.4) is 0 Å². The lowest BCUT2D eigenvalue weighted by Gasteiger charge is -2.15. The summed E-state index contributed by atoms with van der Waals surface area (Å²) in [5.41, 5.74) is 1.78. The second-order valence-electron chi connectivity index (χ2n) is 4.05. The minimum absolute atomic E-state index is 0.364. The smallest absolute Gasteiger partial charge is 0.337 e. The van der Waals surface area contributed by atoms with E-state index in [0.717, 1.165) is 0 Å². The molecule has 2 aromatic carbocycles. The molecule has 2 aromatic rings. The van der Waals surface area contributed by atoms with E-state index in [4.69, 9.17) is 9.84 Å². The largest absolute Gasteiger partial charge is 0.479 e. The second-order valence-corrected chi connectivity index (χ2v) is 4.05. The molecule has 1 N–H and O–H groups in total. The van der Waals surface area contributed by atoms with E-state index >= 15 is 0 Å². The fourth-order valence-electron chi connectivity index (χ4n) is 2.01. The van der Waals surface area contributed by atoms with Crippen molar-refractivity contribution in [3.05, 3.63) is 59.9 Å². The minimum Gasteiger partial charge on any atom is -0.479 e. The Balaban J connectivity index is 2.55. The van der Waals surface area contributed by atoms with Crippen LogP contribution in [0.15, 0.2) is 48.5 Å². The lowest BCUT2D eigenvalue weighted by Crippen LogP contribution is -2.14. The van der Waals surface area contributed by atoms with Crippen molar-refractivity contribution in [1.29, 1.82) is 0 Å². The van der Waals surface area contributed by atoms with Crippen molar-refractivity contribution in [3.63, 3.8) is 0 Å². The predicted molar refractivity (Wildman–Crippen MR) is 69.2 cm³/mol. The van der Waals surface area contributed by atoms with Gasteiger partial charge in [0.05, 0.1) is 0 Å². The third-order valence-corrected chi connectivity index (χ3v) is 2.84. The number of hydrogen-bond donors (Lipinski definition) is 1. The van der Waals surface area contributed by atoms with Crippen LogP contribution in [0.1, 0.15) is 11.7 Å². The van der Waals surface area contributed by atoms with E-state index in [-0.39, 0.29) is 5.82 Å². The normalized spacial score (nSPS) is 12.1. The van der Waals surface area contributed by atoms with Crippen LogP contribution in [0.5, 0.6) is 0 Å². The molecule has 4 heteroatoms. The molecule has 0 aliphatic carbocycles. The van der Waals surface area contributed by atoms with Crippen LogP contribution >= 0.6 is 0 Å². The summed E-state index contributed by atoms with van der Waals surface area (Å²) in [6.07, 6.45) is -1.07. The highest BCUT2D eigenvalue weighted by atomic mass is 19.1. The van der Waals surface area contributed by atoms with Gasteiger partial charge in [-0.3, -0.25) is 0 Å². The van der Waals surface area contributed by atoms with Gasteiger partial charge in [-0.1, -0.05) is 36.4 Å². The summed E-state index contributed by atoms with van der Waals surface area (Å²) < 4.78 is 18.3. The Morgan fingerprint density at radius 2 is 1.95 bits per heavy atom. The number of carboxylic acids is 1. The van der Waals surface area contributed by atoms with E-state index in [2.05, 4.69) is 0 Å². The lowest BCUT2D eigenvalue weighted by molar-refractivity contribution is -0.148. The molecule has 0 heterocycles. The molecule has 0 aliphatic rings. The van der Waals surface area contributed by atoms with Crippen LogP contribution in [0, 0.1) is 5.82 Å². The van der Waals surface area contributed by atoms with Crippen LogP contribution in [0.25, 0.3) is 11.1 Å². The van der Waals surface area contributed by atoms with Gasteiger partial charge in [-0.25, -0.2) is 9.18 Å². The van der Waals surface area contributed by atoms with Crippen LogP contribution < -0.4 is 0 Å². The fraction of sp³-hybridized carbons (Fsp3) is 0.133. The van der Waals surface area contributed by atoms with Gasteiger partial charge in [0, 0.05) is 7.11 Å². The molecule has 0 bridgehead atoms. The molecule has 19 heavy (non-hydrogen) atoms. The Labute approximate surface area is 110 Å². The maximum absolute atomic E-state index is 13.3. The molecule has 2 rings (SSSR count). The molecule has 0 fully saturated rings. The molecule has 1 atom stereocenters. The Kier molecular flexibility index (Phi) is 3.92. The maximum Gasteiger partial charge on any atom is 0.337 e. The predicted octanol–water partition coefficient (Wildman–Crippen LogP) is 3.26. The monoisotopic (exact) mass is 260 g/mol. The van der Waals surface area contributed by atoms with Gasteiger partial charge in [0.1, 0.15) is 5.82 Å². The Bertz CT molecular complexity index is 595. The number of halogens is 1. The van der Waals surface area contributed by atoms with E-state index in [1.807, 2.05) is 0 Å². The summed E-state index contributed by atoms with van der Waals surface area (Å²) in [5, 5.41) is 9.15. The quantitative estimate of drug-likeness (QED) is 0.917. The number of hydrogen-bond acceptors (Lipinski definition) is 2. The fourth-order valence-corrected chi connectivity index (χ4v) is 2.01. The highest BCUT2D eigenvalue weighted by Gasteiger charge is 2.22. The molecule has 0 saturated heterocycles. The molecule has 0 spiro atoms. The third kappa shape index (κ3) is 2.80. The number of rotatable bonds is 4. The van der Waals surface area contributed by atoms with E-state index in [1.54, 1.807) is 36.4 Å². The number of benzene rings is 2. The van der Waals surface area contributed by atoms with Crippen molar-refractivity contribution < 1.29 is 19.0 Å². The molecule has 0 aliphatic heterocycles. The first-order valence-corrected chi connectivity index (χ1v) is 5.74. The van der Waals surface area contributed by atoms with Crippen molar-refractivity contribution in [3.8, 4) is 11.1 Å². The summed E-state index contributed by atoms with van der Waals surface area (Å²) in [7, 11) is 1.33. The van der Waals surface area contributed by atoms with Crippen molar-refractivity contribution in [2.45, 2.75) is 6.10 Å².